The molecule has 0 atom stereocenters. The summed E-state index contributed by atoms with van der Waals surface area (Å²) in [4.78, 5) is 40.7. The Morgan fingerprint density at radius 1 is 1.05 bits per heavy atom. The van der Waals surface area contributed by atoms with Gasteiger partial charge in [0.2, 0.25) is 11.8 Å². The average molecular weight is 590 g/mol. The number of aromatic nitrogens is 1. The van der Waals surface area contributed by atoms with Crippen LogP contribution in [0.3, 0.4) is 0 Å². The van der Waals surface area contributed by atoms with Crippen LogP contribution in [0.15, 0.2) is 36.4 Å². The Labute approximate surface area is 253 Å². The van der Waals surface area contributed by atoms with Crippen molar-refractivity contribution in [1.29, 1.82) is 0 Å². The van der Waals surface area contributed by atoms with Crippen LogP contribution in [0.25, 0.3) is 22.0 Å². The number of carbonyl (C=O) groups is 3. The molecule has 2 aromatic carbocycles. The second-order valence-electron chi connectivity index (χ2n) is 12.7. The summed E-state index contributed by atoms with van der Waals surface area (Å²) in [6.07, 6.45) is 5.98. The summed E-state index contributed by atoms with van der Waals surface area (Å²) in [6.45, 7) is 5.68. The second kappa shape index (κ2) is 12.5. The monoisotopic (exact) mass is 589 g/mol. The number of halogens is 1. The van der Waals surface area contributed by atoms with Gasteiger partial charge in [-0.05, 0) is 100 Å². The number of nitrogens with two attached hydrogens (primary N) is 1. The van der Waals surface area contributed by atoms with E-state index in [9.17, 15) is 18.8 Å². The van der Waals surface area contributed by atoms with E-state index in [4.69, 9.17) is 5.73 Å². The van der Waals surface area contributed by atoms with Gasteiger partial charge in [0.15, 0.2) is 0 Å². The fraction of sp³-hybridized carbons (Fsp3) is 0.500. The van der Waals surface area contributed by atoms with Crippen LogP contribution in [0.4, 0.5) is 10.1 Å². The van der Waals surface area contributed by atoms with Gasteiger partial charge in [-0.25, -0.2) is 4.39 Å². The zero-order valence-electron chi connectivity index (χ0n) is 25.8. The molecule has 3 aromatic rings. The zero-order valence-corrected chi connectivity index (χ0v) is 25.8. The third-order valence-electron chi connectivity index (χ3n) is 9.74. The molecule has 4 N–H and O–H groups in total. The first kappa shape index (κ1) is 30.7. The minimum absolute atomic E-state index is 0.0126. The molecule has 1 aromatic heterocycles. The number of anilines is 1. The number of likely N-dealkylation sites (N-methyl/N-ethyl adjacent to an activating group) is 1. The van der Waals surface area contributed by atoms with Gasteiger partial charge < -0.3 is 21.3 Å². The van der Waals surface area contributed by atoms with Crippen LogP contribution < -0.4 is 16.4 Å². The van der Waals surface area contributed by atoms with Gasteiger partial charge in [0.1, 0.15) is 5.82 Å². The van der Waals surface area contributed by atoms with Crippen LogP contribution in [0.1, 0.15) is 79.6 Å². The lowest BCUT2D eigenvalue weighted by molar-refractivity contribution is -0.126. The molecular formula is C34H44FN5O3. The number of amides is 2. The summed E-state index contributed by atoms with van der Waals surface area (Å²) in [5, 5.41) is 7.42. The van der Waals surface area contributed by atoms with Gasteiger partial charge in [-0.2, -0.15) is 0 Å². The van der Waals surface area contributed by atoms with Crippen molar-refractivity contribution in [3.63, 3.8) is 0 Å². The molecule has 1 saturated carbocycles. The molecule has 2 aliphatic rings. The first-order valence-electron chi connectivity index (χ1n) is 15.5. The number of fused-ring (bicyclic) bond motifs is 3. The van der Waals surface area contributed by atoms with E-state index in [-0.39, 0.29) is 35.0 Å². The fourth-order valence-corrected chi connectivity index (χ4v) is 6.96. The Morgan fingerprint density at radius 3 is 2.42 bits per heavy atom. The molecule has 230 valence electrons. The summed E-state index contributed by atoms with van der Waals surface area (Å²) in [6, 6.07) is 10.3. The maximum Gasteiger partial charge on any atom is 0.250 e. The number of rotatable bonds is 10. The first-order valence-corrected chi connectivity index (χ1v) is 15.5. The lowest BCUT2D eigenvalue weighted by Gasteiger charge is -2.36. The largest absolute Gasteiger partial charge is 0.382 e. The molecule has 1 aliphatic carbocycles. The van der Waals surface area contributed by atoms with Gasteiger partial charge >= 0.3 is 0 Å². The minimum atomic E-state index is -0.528. The van der Waals surface area contributed by atoms with Gasteiger partial charge in [-0.15, -0.1) is 0 Å². The molecule has 1 fully saturated rings. The maximum atomic E-state index is 14.5. The number of nitrogens with one attached hydrogen (secondary N) is 2. The van der Waals surface area contributed by atoms with E-state index in [1.54, 1.807) is 16.7 Å². The summed E-state index contributed by atoms with van der Waals surface area (Å²) in [5.41, 5.74) is 9.89. The Hall–Kier alpha value is -3.72. The highest BCUT2D eigenvalue weighted by molar-refractivity contribution is 6.06. The van der Waals surface area contributed by atoms with Crippen molar-refractivity contribution < 1.29 is 18.8 Å². The third kappa shape index (κ3) is 6.18. The lowest BCUT2D eigenvalue weighted by Crippen LogP contribution is -2.38. The molecule has 43 heavy (non-hydrogen) atoms. The van der Waals surface area contributed by atoms with Gasteiger partial charge in [-0.3, -0.25) is 19.0 Å². The van der Waals surface area contributed by atoms with Crippen molar-refractivity contribution >= 4 is 34.3 Å². The van der Waals surface area contributed by atoms with Crippen LogP contribution in [-0.4, -0.2) is 60.4 Å². The van der Waals surface area contributed by atoms with E-state index >= 15 is 0 Å². The first-order chi connectivity index (χ1) is 20.6. The highest BCUT2D eigenvalue weighted by Gasteiger charge is 2.39. The van der Waals surface area contributed by atoms with Crippen molar-refractivity contribution in [2.24, 2.45) is 17.1 Å². The molecule has 5 rings (SSSR count). The Bertz CT molecular complexity index is 1530. The standard InChI is InChI=1S/C34H44FN5O3/c1-5-34(6-2)19-29-31(26-14-10-23(35)18-28(26)40(29)30(41)20-34)22-9-13-25(32(36)42)27(17-22)38-24-11-7-21(8-12-24)33(43)37-15-16-39(3)4/h9-10,13-14,17-18,21,24,38H,5-8,11-12,15-16,19-20H2,1-4H3,(H2,36,42)(H,37,43)/t21-,24-. The van der Waals surface area contributed by atoms with E-state index in [1.807, 2.05) is 31.1 Å². The predicted molar refractivity (Wildman–Crippen MR) is 169 cm³/mol. The lowest BCUT2D eigenvalue weighted by atomic mass is 9.72. The zero-order chi connectivity index (χ0) is 30.9. The van der Waals surface area contributed by atoms with E-state index in [2.05, 4.69) is 24.5 Å². The SMILES string of the molecule is CCC1(CC)CC(=O)n2c(c(-c3ccc(C(N)=O)c(N[C@H]4CC[C@H](C(=O)NCCN(C)C)CC4)c3)c3ccc(F)cc32)C1. The van der Waals surface area contributed by atoms with E-state index in [0.29, 0.717) is 36.2 Å². The molecule has 0 spiro atoms. The van der Waals surface area contributed by atoms with Crippen LogP contribution in [0, 0.1) is 17.2 Å². The van der Waals surface area contributed by atoms with Crippen molar-refractivity contribution in [3.05, 3.63) is 53.5 Å². The summed E-state index contributed by atoms with van der Waals surface area (Å²) in [5.74, 6) is -0.840. The molecule has 1 aliphatic heterocycles. The second-order valence-corrected chi connectivity index (χ2v) is 12.7. The molecule has 2 amide bonds. The number of benzene rings is 2. The summed E-state index contributed by atoms with van der Waals surface area (Å²) >= 11 is 0. The van der Waals surface area contributed by atoms with E-state index < -0.39 is 5.91 Å². The minimum Gasteiger partial charge on any atom is -0.382 e. The predicted octanol–water partition coefficient (Wildman–Crippen LogP) is 5.59. The smallest absolute Gasteiger partial charge is 0.250 e. The summed E-state index contributed by atoms with van der Waals surface area (Å²) in [7, 11) is 3.96. The van der Waals surface area contributed by atoms with Gasteiger partial charge in [0.25, 0.3) is 5.91 Å². The van der Waals surface area contributed by atoms with Crippen molar-refractivity contribution in [2.75, 3.05) is 32.5 Å². The molecule has 0 radical (unpaired) electrons. The Balaban J connectivity index is 1.46. The molecule has 0 saturated heterocycles. The molecule has 8 nitrogen and oxygen atoms in total. The Morgan fingerprint density at radius 2 is 1.77 bits per heavy atom. The van der Waals surface area contributed by atoms with Crippen LogP contribution in [0.2, 0.25) is 0 Å². The van der Waals surface area contributed by atoms with E-state index in [1.165, 1.54) is 12.1 Å². The van der Waals surface area contributed by atoms with Gasteiger partial charge in [0.05, 0.1) is 11.1 Å². The molecule has 9 heteroatoms. The number of nitrogens with zero attached hydrogens (tertiary/aromatic N) is 2. The van der Waals surface area contributed by atoms with Crippen LogP contribution in [-0.2, 0) is 11.2 Å². The van der Waals surface area contributed by atoms with Crippen molar-refractivity contribution in [1.82, 2.24) is 14.8 Å². The number of hydrogen-bond acceptors (Lipinski definition) is 5. The van der Waals surface area contributed by atoms with Crippen molar-refractivity contribution in [3.8, 4) is 11.1 Å². The average Bonchev–Trinajstić information content (AvgIpc) is 3.30. The topological polar surface area (TPSA) is 109 Å². The number of hydrogen-bond donors (Lipinski definition) is 3. The molecule has 0 bridgehead atoms. The third-order valence-corrected chi connectivity index (χ3v) is 9.74. The van der Waals surface area contributed by atoms with E-state index in [0.717, 1.165) is 67.3 Å². The Kier molecular flexibility index (Phi) is 8.92. The highest BCUT2D eigenvalue weighted by Crippen LogP contribution is 2.46. The molecular weight excluding hydrogens is 545 g/mol. The summed E-state index contributed by atoms with van der Waals surface area (Å²) < 4.78 is 16.2. The number of primary amides is 1. The molecule has 0 unspecified atom stereocenters. The van der Waals surface area contributed by atoms with Crippen LogP contribution >= 0.6 is 0 Å². The van der Waals surface area contributed by atoms with Gasteiger partial charge in [0, 0.05) is 53.8 Å². The maximum absolute atomic E-state index is 14.5. The quantitative estimate of drug-likeness (QED) is 0.286. The van der Waals surface area contributed by atoms with Crippen LogP contribution in [0.5, 0.6) is 0 Å². The molecule has 2 heterocycles. The normalized spacial score (nSPS) is 19.8. The highest BCUT2D eigenvalue weighted by atomic mass is 19.1. The van der Waals surface area contributed by atoms with Crippen molar-refractivity contribution in [2.45, 2.75) is 71.3 Å². The number of carbonyl (C=O) groups excluding carboxylic acids is 3. The van der Waals surface area contributed by atoms with Gasteiger partial charge in [-0.1, -0.05) is 19.9 Å². The fourth-order valence-electron chi connectivity index (χ4n) is 6.96.